The maximum absolute atomic E-state index is 12.9. The van der Waals surface area contributed by atoms with Crippen LogP contribution in [0.1, 0.15) is 25.7 Å². The molecular weight excluding hydrogens is 338 g/mol. The highest BCUT2D eigenvalue weighted by atomic mass is 35.5. The fraction of sp³-hybridized carbons (Fsp3) is 0.579. The van der Waals surface area contributed by atoms with E-state index < -0.39 is 0 Å². The van der Waals surface area contributed by atoms with E-state index in [9.17, 15) is 9.59 Å². The SMILES string of the molecule is CN(C(=O)C1CC12CCNCC2)C1CCN(c2ccccc2Cl)C1=O. The number of piperidine rings is 1. The molecule has 3 fully saturated rings. The zero-order valence-corrected chi connectivity index (χ0v) is 15.3. The van der Waals surface area contributed by atoms with Crippen LogP contribution in [0.15, 0.2) is 24.3 Å². The lowest BCUT2D eigenvalue weighted by atomic mass is 9.91. The molecule has 6 heteroatoms. The summed E-state index contributed by atoms with van der Waals surface area (Å²) in [4.78, 5) is 29.2. The summed E-state index contributed by atoms with van der Waals surface area (Å²) in [6.45, 7) is 2.59. The molecule has 1 aliphatic carbocycles. The van der Waals surface area contributed by atoms with Crippen LogP contribution >= 0.6 is 11.6 Å². The number of amides is 2. The lowest BCUT2D eigenvalue weighted by Crippen LogP contribution is -2.44. The summed E-state index contributed by atoms with van der Waals surface area (Å²) >= 11 is 6.24. The van der Waals surface area contributed by atoms with Crippen molar-refractivity contribution in [3.05, 3.63) is 29.3 Å². The van der Waals surface area contributed by atoms with E-state index in [-0.39, 0.29) is 29.2 Å². The largest absolute Gasteiger partial charge is 0.333 e. The molecule has 2 amide bonds. The van der Waals surface area contributed by atoms with Gasteiger partial charge in [-0.1, -0.05) is 23.7 Å². The Hall–Kier alpha value is -1.59. The maximum atomic E-state index is 12.9. The molecular formula is C19H24ClN3O2. The van der Waals surface area contributed by atoms with Crippen molar-refractivity contribution in [3.8, 4) is 0 Å². The molecule has 2 heterocycles. The van der Waals surface area contributed by atoms with Gasteiger partial charge in [0.25, 0.3) is 0 Å². The molecule has 1 spiro atoms. The van der Waals surface area contributed by atoms with E-state index >= 15 is 0 Å². The lowest BCUT2D eigenvalue weighted by Gasteiger charge is -2.27. The second-order valence-electron chi connectivity index (χ2n) is 7.56. The summed E-state index contributed by atoms with van der Waals surface area (Å²) in [7, 11) is 1.79. The highest BCUT2D eigenvalue weighted by molar-refractivity contribution is 6.34. The van der Waals surface area contributed by atoms with Crippen LogP contribution in [0, 0.1) is 11.3 Å². The number of anilines is 1. The third kappa shape index (κ3) is 2.83. The Morgan fingerprint density at radius 3 is 2.76 bits per heavy atom. The lowest BCUT2D eigenvalue weighted by molar-refractivity contribution is -0.138. The Morgan fingerprint density at radius 2 is 2.04 bits per heavy atom. The molecule has 0 aromatic heterocycles. The van der Waals surface area contributed by atoms with Crippen LogP contribution in [0.4, 0.5) is 5.69 Å². The number of hydrogen-bond donors (Lipinski definition) is 1. The number of nitrogens with one attached hydrogen (secondary N) is 1. The van der Waals surface area contributed by atoms with Gasteiger partial charge in [0.15, 0.2) is 0 Å². The average Bonchev–Trinajstić information content (AvgIpc) is 3.17. The van der Waals surface area contributed by atoms with Gasteiger partial charge in [-0.15, -0.1) is 0 Å². The van der Waals surface area contributed by atoms with Crippen LogP contribution in [0.5, 0.6) is 0 Å². The first-order chi connectivity index (χ1) is 12.0. The third-order valence-corrected chi connectivity index (χ3v) is 6.54. The molecule has 4 rings (SSSR count). The number of nitrogens with zero attached hydrogens (tertiary/aromatic N) is 2. The number of hydrogen-bond acceptors (Lipinski definition) is 3. The fourth-order valence-corrected chi connectivity index (χ4v) is 4.75. The molecule has 0 radical (unpaired) electrons. The summed E-state index contributed by atoms with van der Waals surface area (Å²) in [5, 5.41) is 3.93. The van der Waals surface area contributed by atoms with E-state index in [1.165, 1.54) is 0 Å². The van der Waals surface area contributed by atoms with Gasteiger partial charge in [0.1, 0.15) is 6.04 Å². The average molecular weight is 362 g/mol. The summed E-state index contributed by atoms with van der Waals surface area (Å²) in [6, 6.07) is 7.00. The standard InChI is InChI=1S/C19H24ClN3O2/c1-22(17(24)13-12-19(13)7-9-21-10-8-19)16-6-11-23(18(16)25)15-5-3-2-4-14(15)20/h2-5,13,16,21H,6-12H2,1H3. The van der Waals surface area contributed by atoms with Gasteiger partial charge >= 0.3 is 0 Å². The number of carbonyl (C=O) groups excluding carboxylic acids is 2. The van der Waals surface area contributed by atoms with Crippen molar-refractivity contribution in [3.63, 3.8) is 0 Å². The van der Waals surface area contributed by atoms with Crippen LogP contribution < -0.4 is 10.2 Å². The molecule has 5 nitrogen and oxygen atoms in total. The Kier molecular flexibility index (Phi) is 4.24. The third-order valence-electron chi connectivity index (χ3n) is 6.22. The quantitative estimate of drug-likeness (QED) is 0.898. The van der Waals surface area contributed by atoms with Gasteiger partial charge in [-0.2, -0.15) is 0 Å². The van der Waals surface area contributed by atoms with Gasteiger partial charge in [-0.3, -0.25) is 9.59 Å². The normalized spacial score (nSPS) is 27.6. The van der Waals surface area contributed by atoms with E-state index in [1.807, 2.05) is 18.2 Å². The Labute approximate surface area is 153 Å². The molecule has 2 unspecified atom stereocenters. The number of rotatable bonds is 3. The van der Waals surface area contributed by atoms with E-state index in [4.69, 9.17) is 11.6 Å². The molecule has 1 saturated carbocycles. The van der Waals surface area contributed by atoms with Crippen molar-refractivity contribution in [1.82, 2.24) is 10.2 Å². The van der Waals surface area contributed by atoms with E-state index in [1.54, 1.807) is 22.9 Å². The molecule has 2 saturated heterocycles. The van der Waals surface area contributed by atoms with Gasteiger partial charge < -0.3 is 15.1 Å². The highest BCUT2D eigenvalue weighted by Crippen LogP contribution is 2.59. The molecule has 0 bridgehead atoms. The summed E-state index contributed by atoms with van der Waals surface area (Å²) in [5.74, 6) is 0.215. The van der Waals surface area contributed by atoms with Crippen LogP contribution in [0.25, 0.3) is 0 Å². The number of likely N-dealkylation sites (N-methyl/N-ethyl adjacent to an activating group) is 1. The van der Waals surface area contributed by atoms with Crippen LogP contribution in [-0.2, 0) is 9.59 Å². The second kappa shape index (κ2) is 6.29. The minimum Gasteiger partial charge on any atom is -0.333 e. The highest BCUT2D eigenvalue weighted by Gasteiger charge is 2.59. The molecule has 25 heavy (non-hydrogen) atoms. The fourth-order valence-electron chi connectivity index (χ4n) is 4.51. The number of benzene rings is 1. The van der Waals surface area contributed by atoms with Gasteiger partial charge in [-0.25, -0.2) is 0 Å². The zero-order chi connectivity index (χ0) is 17.6. The Bertz CT molecular complexity index is 702. The maximum Gasteiger partial charge on any atom is 0.249 e. The topological polar surface area (TPSA) is 52.7 Å². The summed E-state index contributed by atoms with van der Waals surface area (Å²) in [5.41, 5.74) is 0.930. The zero-order valence-electron chi connectivity index (χ0n) is 14.5. The minimum atomic E-state index is -0.372. The molecule has 1 aromatic carbocycles. The van der Waals surface area contributed by atoms with Crippen molar-refractivity contribution in [2.45, 2.75) is 31.7 Å². The van der Waals surface area contributed by atoms with Gasteiger partial charge in [-0.05, 0) is 56.3 Å². The van der Waals surface area contributed by atoms with Crippen molar-refractivity contribution in [1.29, 1.82) is 0 Å². The Balaban J connectivity index is 1.45. The predicted molar refractivity (Wildman–Crippen MR) is 97.6 cm³/mol. The molecule has 2 aliphatic heterocycles. The van der Waals surface area contributed by atoms with Gasteiger partial charge in [0, 0.05) is 19.5 Å². The smallest absolute Gasteiger partial charge is 0.249 e. The first kappa shape index (κ1) is 16.9. The van der Waals surface area contributed by atoms with Crippen LogP contribution in [0.3, 0.4) is 0 Å². The monoisotopic (exact) mass is 361 g/mol. The van der Waals surface area contributed by atoms with Crippen molar-refractivity contribution in [2.24, 2.45) is 11.3 Å². The second-order valence-corrected chi connectivity index (χ2v) is 7.97. The molecule has 1 N–H and O–H groups in total. The van der Waals surface area contributed by atoms with Crippen LogP contribution in [-0.4, -0.2) is 49.4 Å². The molecule has 1 aromatic rings. The van der Waals surface area contributed by atoms with Gasteiger partial charge in [0.05, 0.1) is 10.7 Å². The van der Waals surface area contributed by atoms with Crippen molar-refractivity contribution >= 4 is 29.1 Å². The Morgan fingerprint density at radius 1 is 1.32 bits per heavy atom. The number of halogens is 1. The number of carbonyl (C=O) groups is 2. The van der Waals surface area contributed by atoms with E-state index in [2.05, 4.69) is 5.32 Å². The van der Waals surface area contributed by atoms with Crippen molar-refractivity contribution < 1.29 is 9.59 Å². The summed E-state index contributed by atoms with van der Waals surface area (Å²) < 4.78 is 0. The molecule has 3 aliphatic rings. The first-order valence-corrected chi connectivity index (χ1v) is 9.45. The number of para-hydroxylation sites is 1. The first-order valence-electron chi connectivity index (χ1n) is 9.07. The van der Waals surface area contributed by atoms with Crippen LogP contribution in [0.2, 0.25) is 5.02 Å². The molecule has 134 valence electrons. The predicted octanol–water partition coefficient (Wildman–Crippen LogP) is 2.29. The van der Waals surface area contributed by atoms with Gasteiger partial charge in [0.2, 0.25) is 11.8 Å². The van der Waals surface area contributed by atoms with E-state index in [0.29, 0.717) is 18.0 Å². The molecule has 2 atom stereocenters. The van der Waals surface area contributed by atoms with Crippen molar-refractivity contribution in [2.75, 3.05) is 31.6 Å². The van der Waals surface area contributed by atoms with E-state index in [0.717, 1.165) is 38.0 Å². The minimum absolute atomic E-state index is 0.0241. The summed E-state index contributed by atoms with van der Waals surface area (Å²) in [6.07, 6.45) is 3.78.